The van der Waals surface area contributed by atoms with E-state index in [0.717, 1.165) is 19.6 Å². The molecular weight excluding hydrogens is 289 g/mol. The number of hydrogen-bond donors (Lipinski definition) is 3. The summed E-state index contributed by atoms with van der Waals surface area (Å²) in [6.07, 6.45) is 0.132. The predicted octanol–water partition coefficient (Wildman–Crippen LogP) is 0.399. The SMILES string of the molecule is CCN(CC)CC(C)NC(=O)C1CC(O)CN1.Cl.Cl. The van der Waals surface area contributed by atoms with Crippen LogP contribution in [0.5, 0.6) is 0 Å². The van der Waals surface area contributed by atoms with Crippen LogP contribution in [0.1, 0.15) is 27.2 Å². The van der Waals surface area contributed by atoms with Gasteiger partial charge in [-0.05, 0) is 26.4 Å². The van der Waals surface area contributed by atoms with Gasteiger partial charge in [-0.3, -0.25) is 4.79 Å². The molecule has 7 heteroatoms. The van der Waals surface area contributed by atoms with Gasteiger partial charge in [0.15, 0.2) is 0 Å². The molecule has 0 spiro atoms. The third-order valence-corrected chi connectivity index (χ3v) is 3.24. The third kappa shape index (κ3) is 7.32. The van der Waals surface area contributed by atoms with Crippen LogP contribution in [0.15, 0.2) is 0 Å². The number of β-amino-alcohol motifs (C(OH)–C–C–N with tert-alkyl or cyclic N) is 1. The van der Waals surface area contributed by atoms with Crippen LogP contribution in [0.4, 0.5) is 0 Å². The Labute approximate surface area is 128 Å². The summed E-state index contributed by atoms with van der Waals surface area (Å²) in [4.78, 5) is 14.1. The summed E-state index contributed by atoms with van der Waals surface area (Å²) in [5.41, 5.74) is 0. The number of carbonyl (C=O) groups excluding carboxylic acids is 1. The Bertz CT molecular complexity index is 253. The lowest BCUT2D eigenvalue weighted by Gasteiger charge is -2.24. The maximum absolute atomic E-state index is 11.9. The van der Waals surface area contributed by atoms with E-state index in [1.807, 2.05) is 6.92 Å². The summed E-state index contributed by atoms with van der Waals surface area (Å²) < 4.78 is 0. The van der Waals surface area contributed by atoms with Crippen LogP contribution < -0.4 is 10.6 Å². The molecule has 1 aliphatic rings. The highest BCUT2D eigenvalue weighted by molar-refractivity contribution is 5.85. The van der Waals surface area contributed by atoms with Gasteiger partial charge in [-0.2, -0.15) is 0 Å². The summed E-state index contributed by atoms with van der Waals surface area (Å²) >= 11 is 0. The fraction of sp³-hybridized carbons (Fsp3) is 0.917. The van der Waals surface area contributed by atoms with Gasteiger partial charge in [-0.15, -0.1) is 24.8 Å². The molecule has 1 heterocycles. The van der Waals surface area contributed by atoms with Crippen molar-refractivity contribution in [3.8, 4) is 0 Å². The number of carbonyl (C=O) groups is 1. The van der Waals surface area contributed by atoms with E-state index < -0.39 is 0 Å². The van der Waals surface area contributed by atoms with Crippen molar-refractivity contribution in [3.05, 3.63) is 0 Å². The van der Waals surface area contributed by atoms with Crippen LogP contribution in [-0.2, 0) is 4.79 Å². The van der Waals surface area contributed by atoms with Gasteiger partial charge in [-0.1, -0.05) is 13.8 Å². The number of amides is 1. The lowest BCUT2D eigenvalue weighted by atomic mass is 10.2. The first-order valence-corrected chi connectivity index (χ1v) is 6.51. The van der Waals surface area contributed by atoms with Crippen molar-refractivity contribution in [2.75, 3.05) is 26.2 Å². The number of hydrogen-bond acceptors (Lipinski definition) is 4. The highest BCUT2D eigenvalue weighted by atomic mass is 35.5. The van der Waals surface area contributed by atoms with Crippen molar-refractivity contribution < 1.29 is 9.90 Å². The molecule has 0 aromatic heterocycles. The number of nitrogens with one attached hydrogen (secondary N) is 2. The van der Waals surface area contributed by atoms with Crippen molar-refractivity contribution in [1.82, 2.24) is 15.5 Å². The fourth-order valence-corrected chi connectivity index (χ4v) is 2.17. The van der Waals surface area contributed by atoms with Crippen LogP contribution >= 0.6 is 24.8 Å². The van der Waals surface area contributed by atoms with Crippen molar-refractivity contribution >= 4 is 30.7 Å². The van der Waals surface area contributed by atoms with Crippen molar-refractivity contribution in [3.63, 3.8) is 0 Å². The highest BCUT2D eigenvalue weighted by Gasteiger charge is 2.28. The molecule has 3 N–H and O–H groups in total. The standard InChI is InChI=1S/C12H25N3O2.2ClH/c1-4-15(5-2)8-9(3)14-12(17)11-6-10(16)7-13-11;;/h9-11,13,16H,4-8H2,1-3H3,(H,14,17);2*1H. The molecule has 1 fully saturated rings. The Hall–Kier alpha value is -0.0700. The predicted molar refractivity (Wildman–Crippen MR) is 82.3 cm³/mol. The van der Waals surface area contributed by atoms with Gasteiger partial charge >= 0.3 is 0 Å². The van der Waals surface area contributed by atoms with Gasteiger partial charge in [0.2, 0.25) is 5.91 Å². The molecular formula is C12H27Cl2N3O2. The number of likely N-dealkylation sites (N-methyl/N-ethyl adjacent to an activating group) is 1. The third-order valence-electron chi connectivity index (χ3n) is 3.24. The van der Waals surface area contributed by atoms with Crippen molar-refractivity contribution in [1.29, 1.82) is 0 Å². The van der Waals surface area contributed by atoms with E-state index >= 15 is 0 Å². The summed E-state index contributed by atoms with van der Waals surface area (Å²) in [7, 11) is 0. The van der Waals surface area contributed by atoms with Gasteiger partial charge < -0.3 is 20.6 Å². The maximum Gasteiger partial charge on any atom is 0.237 e. The molecule has 0 radical (unpaired) electrons. The monoisotopic (exact) mass is 315 g/mol. The van der Waals surface area contributed by atoms with E-state index in [9.17, 15) is 9.90 Å². The minimum absolute atomic E-state index is 0. The van der Waals surface area contributed by atoms with Gasteiger partial charge in [-0.25, -0.2) is 0 Å². The second-order valence-corrected chi connectivity index (χ2v) is 4.75. The zero-order valence-corrected chi connectivity index (χ0v) is 13.5. The van der Waals surface area contributed by atoms with Crippen LogP contribution in [0.25, 0.3) is 0 Å². The largest absolute Gasteiger partial charge is 0.392 e. The zero-order chi connectivity index (χ0) is 12.8. The molecule has 0 aromatic carbocycles. The molecule has 1 aliphatic heterocycles. The van der Waals surface area contributed by atoms with E-state index in [1.165, 1.54) is 0 Å². The molecule has 0 aliphatic carbocycles. The Morgan fingerprint density at radius 3 is 2.42 bits per heavy atom. The lowest BCUT2D eigenvalue weighted by molar-refractivity contribution is -0.123. The number of rotatable bonds is 6. The van der Waals surface area contributed by atoms with Crippen LogP contribution in [-0.4, -0.2) is 60.3 Å². The quantitative estimate of drug-likeness (QED) is 0.664. The number of halogens is 2. The molecule has 1 saturated heterocycles. The van der Waals surface area contributed by atoms with Gasteiger partial charge in [0, 0.05) is 19.1 Å². The fourth-order valence-electron chi connectivity index (χ4n) is 2.17. The van der Waals surface area contributed by atoms with Gasteiger partial charge in [0.05, 0.1) is 12.1 Å². The van der Waals surface area contributed by atoms with E-state index in [0.29, 0.717) is 13.0 Å². The molecule has 0 bridgehead atoms. The molecule has 116 valence electrons. The minimum Gasteiger partial charge on any atom is -0.392 e. The highest BCUT2D eigenvalue weighted by Crippen LogP contribution is 2.06. The molecule has 5 nitrogen and oxygen atoms in total. The molecule has 0 saturated carbocycles. The summed E-state index contributed by atoms with van der Waals surface area (Å²) in [5.74, 6) is 0.00112. The van der Waals surface area contributed by atoms with E-state index in [1.54, 1.807) is 0 Å². The van der Waals surface area contributed by atoms with Crippen molar-refractivity contribution in [2.24, 2.45) is 0 Å². The summed E-state index contributed by atoms with van der Waals surface area (Å²) in [6, 6.07) is -0.0916. The first-order chi connectivity index (χ1) is 8.06. The number of aliphatic hydroxyl groups excluding tert-OH is 1. The van der Waals surface area contributed by atoms with Crippen molar-refractivity contribution in [2.45, 2.75) is 45.4 Å². The number of aliphatic hydroxyl groups is 1. The Kier molecular flexibility index (Phi) is 11.9. The molecule has 1 rings (SSSR count). The Balaban J connectivity index is 0. The molecule has 19 heavy (non-hydrogen) atoms. The smallest absolute Gasteiger partial charge is 0.237 e. The van der Waals surface area contributed by atoms with Crippen LogP contribution in [0.3, 0.4) is 0 Å². The summed E-state index contributed by atoms with van der Waals surface area (Å²) in [6.45, 7) is 9.63. The second-order valence-electron chi connectivity index (χ2n) is 4.75. The molecule has 0 aromatic rings. The maximum atomic E-state index is 11.9. The lowest BCUT2D eigenvalue weighted by Crippen LogP contribution is -2.48. The molecule has 3 unspecified atom stereocenters. The topological polar surface area (TPSA) is 64.6 Å². The minimum atomic E-state index is -0.385. The normalized spacial score (nSPS) is 23.4. The van der Waals surface area contributed by atoms with E-state index in [4.69, 9.17) is 0 Å². The average Bonchev–Trinajstić information content (AvgIpc) is 2.72. The second kappa shape index (κ2) is 10.7. The molecule has 1 amide bonds. The first kappa shape index (κ1) is 21.2. The van der Waals surface area contributed by atoms with E-state index in [2.05, 4.69) is 29.4 Å². The average molecular weight is 316 g/mol. The van der Waals surface area contributed by atoms with Crippen LogP contribution in [0, 0.1) is 0 Å². The van der Waals surface area contributed by atoms with Gasteiger partial charge in [0.1, 0.15) is 0 Å². The van der Waals surface area contributed by atoms with Crippen LogP contribution in [0.2, 0.25) is 0 Å². The Morgan fingerprint density at radius 1 is 1.42 bits per heavy atom. The zero-order valence-electron chi connectivity index (χ0n) is 11.9. The summed E-state index contributed by atoms with van der Waals surface area (Å²) in [5, 5.41) is 15.4. The Morgan fingerprint density at radius 2 is 2.00 bits per heavy atom. The van der Waals surface area contributed by atoms with E-state index in [-0.39, 0.29) is 48.9 Å². The number of nitrogens with zero attached hydrogens (tertiary/aromatic N) is 1. The first-order valence-electron chi connectivity index (χ1n) is 6.51. The molecule has 3 atom stereocenters. The van der Waals surface area contributed by atoms with Gasteiger partial charge in [0.25, 0.3) is 0 Å².